The number of aliphatic hydroxyl groups excluding tert-OH is 1. The Morgan fingerprint density at radius 2 is 1.96 bits per heavy atom. The summed E-state index contributed by atoms with van der Waals surface area (Å²) in [5.41, 5.74) is 0.796. The van der Waals surface area contributed by atoms with Crippen LogP contribution < -0.4 is 0 Å². The Morgan fingerprint density at radius 3 is 2.60 bits per heavy atom. The van der Waals surface area contributed by atoms with Crippen molar-refractivity contribution < 1.29 is 24.2 Å². The first kappa shape index (κ1) is 19.2. The van der Waals surface area contributed by atoms with Gasteiger partial charge in [0.15, 0.2) is 6.10 Å². The van der Waals surface area contributed by atoms with Crippen molar-refractivity contribution in [2.24, 2.45) is 0 Å². The Morgan fingerprint density at radius 1 is 1.24 bits per heavy atom. The molecule has 1 N–H and O–H groups in total. The average molecular weight is 387 g/mol. The highest BCUT2D eigenvalue weighted by molar-refractivity contribution is 6.34. The summed E-state index contributed by atoms with van der Waals surface area (Å²) in [5.74, 6) is -1.18. The van der Waals surface area contributed by atoms with E-state index >= 15 is 0 Å². The highest BCUT2D eigenvalue weighted by atomic mass is 35.5. The van der Waals surface area contributed by atoms with Gasteiger partial charge in [0.1, 0.15) is 12.7 Å². The molecule has 0 amide bonds. The van der Waals surface area contributed by atoms with Crippen LogP contribution in [0, 0.1) is 0 Å². The molecule has 25 heavy (non-hydrogen) atoms. The normalized spacial score (nSPS) is 13.2. The van der Waals surface area contributed by atoms with Crippen LogP contribution in [0.2, 0.25) is 10.0 Å². The second kappa shape index (κ2) is 8.33. The molecule has 134 valence electrons. The molecule has 1 aromatic heterocycles. The molecule has 2 atom stereocenters. The van der Waals surface area contributed by atoms with Gasteiger partial charge in [0.05, 0.1) is 16.4 Å². The fraction of sp³-hybridized carbons (Fsp3) is 0.312. The lowest BCUT2D eigenvalue weighted by Gasteiger charge is -2.23. The zero-order valence-corrected chi connectivity index (χ0v) is 15.0. The van der Waals surface area contributed by atoms with Gasteiger partial charge in [0, 0.05) is 25.1 Å². The van der Waals surface area contributed by atoms with E-state index < -0.39 is 24.1 Å². The lowest BCUT2D eigenvalue weighted by Crippen LogP contribution is -2.30. The number of halogens is 2. The highest BCUT2D eigenvalue weighted by Crippen LogP contribution is 2.29. The number of nitrogens with zero attached hydrogens (tertiary/aromatic N) is 2. The van der Waals surface area contributed by atoms with Gasteiger partial charge in [-0.25, -0.2) is 4.68 Å². The molecule has 7 nitrogen and oxygen atoms in total. The Kier molecular flexibility index (Phi) is 6.41. The van der Waals surface area contributed by atoms with Crippen LogP contribution in [0.4, 0.5) is 0 Å². The number of aliphatic hydroxyl groups is 1. The van der Waals surface area contributed by atoms with Gasteiger partial charge >= 0.3 is 11.9 Å². The van der Waals surface area contributed by atoms with Gasteiger partial charge in [0.2, 0.25) is 0 Å². The second-order valence-electron chi connectivity index (χ2n) is 5.16. The average Bonchev–Trinajstić information content (AvgIpc) is 3.01. The Bertz CT molecular complexity index is 778. The Labute approximate surface area is 154 Å². The van der Waals surface area contributed by atoms with E-state index in [4.69, 9.17) is 32.7 Å². The molecule has 0 radical (unpaired) electrons. The standard InChI is InChI=1S/C16H16Cl2N2O5/c1-9(21)24-8-15(23)16(25-10(2)22)13-5-6-19-20(13)14-7-11(17)3-4-12(14)18/h3-7,15-16,23H,8H2,1-2H3/t15-,16+/m1/s1. The summed E-state index contributed by atoms with van der Waals surface area (Å²) in [6, 6.07) is 6.36. The van der Waals surface area contributed by atoms with Crippen LogP contribution >= 0.6 is 23.2 Å². The molecule has 1 aromatic carbocycles. The number of benzene rings is 1. The van der Waals surface area contributed by atoms with Crippen molar-refractivity contribution in [3.05, 3.63) is 46.2 Å². The maximum Gasteiger partial charge on any atom is 0.303 e. The number of hydrogen-bond donors (Lipinski definition) is 1. The summed E-state index contributed by atoms with van der Waals surface area (Å²) in [7, 11) is 0. The van der Waals surface area contributed by atoms with Crippen LogP contribution in [0.3, 0.4) is 0 Å². The van der Waals surface area contributed by atoms with Crippen LogP contribution in [-0.2, 0) is 19.1 Å². The molecule has 0 saturated carbocycles. The van der Waals surface area contributed by atoms with Gasteiger partial charge in [-0.2, -0.15) is 5.10 Å². The molecule has 0 saturated heterocycles. The summed E-state index contributed by atoms with van der Waals surface area (Å²) in [5, 5.41) is 15.3. The molecule has 0 fully saturated rings. The number of carbonyl (C=O) groups is 2. The summed E-state index contributed by atoms with van der Waals surface area (Å²) >= 11 is 12.2. The lowest BCUT2D eigenvalue weighted by molar-refractivity contribution is -0.159. The first-order chi connectivity index (χ1) is 11.8. The van der Waals surface area contributed by atoms with Gasteiger partial charge in [-0.3, -0.25) is 9.59 Å². The van der Waals surface area contributed by atoms with Crippen molar-refractivity contribution in [3.8, 4) is 5.69 Å². The van der Waals surface area contributed by atoms with Crippen molar-refractivity contribution in [2.45, 2.75) is 26.1 Å². The third-order valence-electron chi connectivity index (χ3n) is 3.20. The van der Waals surface area contributed by atoms with E-state index in [-0.39, 0.29) is 6.61 Å². The predicted octanol–water partition coefficient (Wildman–Crippen LogP) is 2.71. The van der Waals surface area contributed by atoms with Crippen molar-refractivity contribution in [3.63, 3.8) is 0 Å². The maximum absolute atomic E-state index is 11.4. The summed E-state index contributed by atoms with van der Waals surface area (Å²) < 4.78 is 11.4. The smallest absolute Gasteiger partial charge is 0.303 e. The minimum absolute atomic E-state index is 0.345. The molecule has 0 unspecified atom stereocenters. The number of esters is 2. The zero-order chi connectivity index (χ0) is 18.6. The lowest BCUT2D eigenvalue weighted by atomic mass is 10.1. The monoisotopic (exact) mass is 386 g/mol. The molecule has 0 aliphatic heterocycles. The fourth-order valence-electron chi connectivity index (χ4n) is 2.18. The quantitative estimate of drug-likeness (QED) is 0.767. The number of ether oxygens (including phenoxy) is 2. The van der Waals surface area contributed by atoms with Crippen molar-refractivity contribution in [1.82, 2.24) is 9.78 Å². The number of hydrogen-bond acceptors (Lipinski definition) is 6. The topological polar surface area (TPSA) is 90.7 Å². The van der Waals surface area contributed by atoms with Gasteiger partial charge in [-0.15, -0.1) is 0 Å². The van der Waals surface area contributed by atoms with Crippen molar-refractivity contribution >= 4 is 35.1 Å². The van der Waals surface area contributed by atoms with E-state index in [1.807, 2.05) is 0 Å². The molecule has 0 bridgehead atoms. The molecule has 0 aliphatic rings. The minimum Gasteiger partial charge on any atom is -0.463 e. The first-order valence-electron chi connectivity index (χ1n) is 7.27. The molecular formula is C16H16Cl2N2O5. The number of aromatic nitrogens is 2. The first-order valence-corrected chi connectivity index (χ1v) is 8.03. The highest BCUT2D eigenvalue weighted by Gasteiger charge is 2.29. The van der Waals surface area contributed by atoms with Crippen molar-refractivity contribution in [2.75, 3.05) is 6.61 Å². The molecule has 0 spiro atoms. The van der Waals surface area contributed by atoms with Crippen LogP contribution in [0.15, 0.2) is 30.5 Å². The third-order valence-corrected chi connectivity index (χ3v) is 3.75. The van der Waals surface area contributed by atoms with E-state index in [1.165, 1.54) is 24.7 Å². The number of carbonyl (C=O) groups excluding carboxylic acids is 2. The zero-order valence-electron chi connectivity index (χ0n) is 13.5. The molecule has 0 aliphatic carbocycles. The minimum atomic E-state index is -1.29. The van der Waals surface area contributed by atoms with Gasteiger partial charge in [-0.1, -0.05) is 23.2 Å². The summed E-state index contributed by atoms with van der Waals surface area (Å²) in [4.78, 5) is 22.4. The van der Waals surface area contributed by atoms with E-state index in [0.717, 1.165) is 0 Å². The largest absolute Gasteiger partial charge is 0.463 e. The SMILES string of the molecule is CC(=O)OC[C@@H](O)[C@@H](OC(C)=O)c1ccnn1-c1cc(Cl)ccc1Cl. The van der Waals surface area contributed by atoms with Crippen LogP contribution in [0.1, 0.15) is 25.6 Å². The van der Waals surface area contributed by atoms with Gasteiger partial charge in [-0.05, 0) is 24.3 Å². The van der Waals surface area contributed by atoms with Crippen LogP contribution in [-0.4, -0.2) is 39.5 Å². The van der Waals surface area contributed by atoms with Crippen LogP contribution in [0.5, 0.6) is 0 Å². The van der Waals surface area contributed by atoms with E-state index in [2.05, 4.69) is 5.10 Å². The Hall–Kier alpha value is -2.09. The van der Waals surface area contributed by atoms with Gasteiger partial charge < -0.3 is 14.6 Å². The molecular weight excluding hydrogens is 371 g/mol. The van der Waals surface area contributed by atoms with Crippen molar-refractivity contribution in [1.29, 1.82) is 0 Å². The fourth-order valence-corrected chi connectivity index (χ4v) is 2.55. The second-order valence-corrected chi connectivity index (χ2v) is 6.01. The molecule has 2 rings (SSSR count). The molecule has 2 aromatic rings. The third kappa shape index (κ3) is 4.94. The van der Waals surface area contributed by atoms with E-state index in [0.29, 0.717) is 21.4 Å². The van der Waals surface area contributed by atoms with E-state index in [1.54, 1.807) is 24.3 Å². The number of rotatable bonds is 6. The van der Waals surface area contributed by atoms with E-state index in [9.17, 15) is 14.7 Å². The Balaban J connectivity index is 2.42. The molecule has 9 heteroatoms. The van der Waals surface area contributed by atoms with Gasteiger partial charge in [0.25, 0.3) is 0 Å². The molecule has 1 heterocycles. The van der Waals surface area contributed by atoms with Crippen LogP contribution in [0.25, 0.3) is 5.69 Å². The summed E-state index contributed by atoms with van der Waals surface area (Å²) in [6.45, 7) is 2.07. The maximum atomic E-state index is 11.4. The predicted molar refractivity (Wildman–Crippen MR) is 90.7 cm³/mol. The summed E-state index contributed by atoms with van der Waals surface area (Å²) in [6.07, 6.45) is -0.947.